The number of rotatable bonds is 7. The largest absolute Gasteiger partial charge is 0.352 e. The van der Waals surface area contributed by atoms with Gasteiger partial charge in [-0.15, -0.1) is 0 Å². The van der Waals surface area contributed by atoms with Gasteiger partial charge < -0.3 is 5.32 Å². The van der Waals surface area contributed by atoms with Crippen LogP contribution in [0, 0.1) is 11.8 Å². The molecular formula is C15H28N2O. The minimum Gasteiger partial charge on any atom is -0.352 e. The van der Waals surface area contributed by atoms with Crippen LogP contribution >= 0.6 is 0 Å². The highest BCUT2D eigenvalue weighted by atomic mass is 16.2. The van der Waals surface area contributed by atoms with Crippen molar-refractivity contribution in [3.8, 4) is 0 Å². The van der Waals surface area contributed by atoms with Crippen LogP contribution in [0.25, 0.3) is 0 Å². The molecule has 0 heterocycles. The predicted octanol–water partition coefficient (Wildman–Crippen LogP) is 2.41. The molecule has 2 bridgehead atoms. The van der Waals surface area contributed by atoms with Crippen LogP contribution in [0.1, 0.15) is 52.4 Å². The highest BCUT2D eigenvalue weighted by Crippen LogP contribution is 2.44. The fraction of sp³-hybridized carbons (Fsp3) is 0.933. The van der Waals surface area contributed by atoms with Gasteiger partial charge in [0.25, 0.3) is 0 Å². The molecule has 1 N–H and O–H groups in total. The third-order valence-corrected chi connectivity index (χ3v) is 4.53. The highest BCUT2D eigenvalue weighted by Gasteiger charge is 2.40. The van der Waals surface area contributed by atoms with Crippen LogP contribution < -0.4 is 5.32 Å². The molecule has 2 aliphatic carbocycles. The molecule has 0 spiro atoms. The van der Waals surface area contributed by atoms with Gasteiger partial charge in [0.2, 0.25) is 5.91 Å². The average Bonchev–Trinajstić information content (AvgIpc) is 2.91. The zero-order valence-electron chi connectivity index (χ0n) is 12.0. The lowest BCUT2D eigenvalue weighted by molar-refractivity contribution is -0.123. The fourth-order valence-corrected chi connectivity index (χ4v) is 3.78. The molecule has 0 aromatic heterocycles. The van der Waals surface area contributed by atoms with Crippen LogP contribution in [0.15, 0.2) is 0 Å². The summed E-state index contributed by atoms with van der Waals surface area (Å²) in [7, 11) is 0. The van der Waals surface area contributed by atoms with E-state index in [2.05, 4.69) is 24.1 Å². The number of hydrogen-bond acceptors (Lipinski definition) is 2. The van der Waals surface area contributed by atoms with Crippen molar-refractivity contribution in [1.29, 1.82) is 0 Å². The molecule has 0 radical (unpaired) electrons. The molecule has 104 valence electrons. The van der Waals surface area contributed by atoms with E-state index in [1.165, 1.54) is 25.7 Å². The Balaban J connectivity index is 1.73. The van der Waals surface area contributed by atoms with Crippen LogP contribution in [-0.2, 0) is 4.79 Å². The van der Waals surface area contributed by atoms with E-state index >= 15 is 0 Å². The SMILES string of the molecule is CCCN(CCC)CC(=O)NC1CC2CCC1C2. The summed E-state index contributed by atoms with van der Waals surface area (Å²) in [5.74, 6) is 1.93. The molecule has 3 unspecified atom stereocenters. The maximum atomic E-state index is 12.1. The van der Waals surface area contributed by atoms with Crippen molar-refractivity contribution in [3.63, 3.8) is 0 Å². The number of nitrogens with one attached hydrogen (secondary N) is 1. The number of nitrogens with zero attached hydrogens (tertiary/aromatic N) is 1. The molecule has 3 nitrogen and oxygen atoms in total. The average molecular weight is 252 g/mol. The summed E-state index contributed by atoms with van der Waals surface area (Å²) in [6.45, 7) is 7.03. The molecule has 1 amide bonds. The van der Waals surface area contributed by atoms with E-state index < -0.39 is 0 Å². The number of amides is 1. The Bertz CT molecular complexity index is 274. The molecule has 0 aliphatic heterocycles. The lowest BCUT2D eigenvalue weighted by Gasteiger charge is -2.25. The molecule has 2 saturated carbocycles. The van der Waals surface area contributed by atoms with Gasteiger partial charge in [0.05, 0.1) is 6.54 Å². The number of fused-ring (bicyclic) bond motifs is 2. The van der Waals surface area contributed by atoms with Crippen LogP contribution in [0.2, 0.25) is 0 Å². The van der Waals surface area contributed by atoms with Crippen molar-refractivity contribution in [2.75, 3.05) is 19.6 Å². The van der Waals surface area contributed by atoms with E-state index in [1.807, 2.05) is 0 Å². The Labute approximate surface area is 111 Å². The third kappa shape index (κ3) is 3.47. The third-order valence-electron chi connectivity index (χ3n) is 4.53. The van der Waals surface area contributed by atoms with Gasteiger partial charge in [-0.1, -0.05) is 20.3 Å². The van der Waals surface area contributed by atoms with E-state index in [0.717, 1.165) is 37.8 Å². The van der Waals surface area contributed by atoms with Gasteiger partial charge in [-0.2, -0.15) is 0 Å². The number of carbonyl (C=O) groups excluding carboxylic acids is 1. The molecule has 2 aliphatic rings. The van der Waals surface area contributed by atoms with Crippen molar-refractivity contribution in [2.24, 2.45) is 11.8 Å². The van der Waals surface area contributed by atoms with Gasteiger partial charge in [0.1, 0.15) is 0 Å². The second kappa shape index (κ2) is 6.55. The highest BCUT2D eigenvalue weighted by molar-refractivity contribution is 5.78. The first-order valence-corrected chi connectivity index (χ1v) is 7.74. The quantitative estimate of drug-likeness (QED) is 0.754. The van der Waals surface area contributed by atoms with Crippen LogP contribution in [0.4, 0.5) is 0 Å². The first-order chi connectivity index (χ1) is 8.72. The summed E-state index contributed by atoms with van der Waals surface area (Å²) >= 11 is 0. The summed E-state index contributed by atoms with van der Waals surface area (Å²) in [4.78, 5) is 14.4. The van der Waals surface area contributed by atoms with Crippen molar-refractivity contribution >= 4 is 5.91 Å². The second-order valence-electron chi connectivity index (χ2n) is 6.13. The van der Waals surface area contributed by atoms with Gasteiger partial charge in [0.15, 0.2) is 0 Å². The predicted molar refractivity (Wildman–Crippen MR) is 74.4 cm³/mol. The molecule has 3 atom stereocenters. The van der Waals surface area contributed by atoms with E-state index in [1.54, 1.807) is 0 Å². The topological polar surface area (TPSA) is 32.3 Å². The number of hydrogen-bond donors (Lipinski definition) is 1. The summed E-state index contributed by atoms with van der Waals surface area (Å²) in [5, 5.41) is 3.28. The lowest BCUT2D eigenvalue weighted by atomic mass is 9.95. The van der Waals surface area contributed by atoms with Crippen LogP contribution in [0.3, 0.4) is 0 Å². The van der Waals surface area contributed by atoms with E-state index in [0.29, 0.717) is 12.6 Å². The Kier molecular flexibility index (Phi) is 5.04. The van der Waals surface area contributed by atoms with Crippen molar-refractivity contribution in [1.82, 2.24) is 10.2 Å². The summed E-state index contributed by atoms with van der Waals surface area (Å²) < 4.78 is 0. The smallest absolute Gasteiger partial charge is 0.234 e. The Morgan fingerprint density at radius 3 is 2.39 bits per heavy atom. The molecule has 0 aromatic rings. The Hall–Kier alpha value is -0.570. The van der Waals surface area contributed by atoms with E-state index in [4.69, 9.17) is 0 Å². The second-order valence-corrected chi connectivity index (χ2v) is 6.13. The molecule has 18 heavy (non-hydrogen) atoms. The first kappa shape index (κ1) is 13.9. The summed E-state index contributed by atoms with van der Waals surface area (Å²) in [6, 6.07) is 0.487. The minimum atomic E-state index is 0.245. The van der Waals surface area contributed by atoms with Crippen molar-refractivity contribution in [3.05, 3.63) is 0 Å². The molecular weight excluding hydrogens is 224 g/mol. The molecule has 0 aromatic carbocycles. The van der Waals surface area contributed by atoms with Crippen LogP contribution in [0.5, 0.6) is 0 Å². The fourth-order valence-electron chi connectivity index (χ4n) is 3.78. The van der Waals surface area contributed by atoms with Crippen molar-refractivity contribution < 1.29 is 4.79 Å². The minimum absolute atomic E-state index is 0.245. The maximum absolute atomic E-state index is 12.1. The molecule has 0 saturated heterocycles. The molecule has 2 rings (SSSR count). The summed E-state index contributed by atoms with van der Waals surface area (Å²) in [5.41, 5.74) is 0. The molecule has 3 heteroatoms. The van der Waals surface area contributed by atoms with Gasteiger partial charge >= 0.3 is 0 Å². The van der Waals surface area contributed by atoms with E-state index in [-0.39, 0.29) is 5.91 Å². The monoisotopic (exact) mass is 252 g/mol. The van der Waals surface area contributed by atoms with Crippen molar-refractivity contribution in [2.45, 2.75) is 58.4 Å². The Morgan fingerprint density at radius 2 is 1.89 bits per heavy atom. The van der Waals surface area contributed by atoms with Crippen LogP contribution in [-0.4, -0.2) is 36.5 Å². The van der Waals surface area contributed by atoms with Gasteiger partial charge in [-0.3, -0.25) is 9.69 Å². The Morgan fingerprint density at radius 1 is 1.17 bits per heavy atom. The van der Waals surface area contributed by atoms with Gasteiger partial charge in [0, 0.05) is 6.04 Å². The zero-order valence-corrected chi connectivity index (χ0v) is 12.0. The maximum Gasteiger partial charge on any atom is 0.234 e. The normalized spacial score (nSPS) is 30.1. The van der Waals surface area contributed by atoms with E-state index in [9.17, 15) is 4.79 Å². The lowest BCUT2D eigenvalue weighted by Crippen LogP contribution is -2.44. The van der Waals surface area contributed by atoms with Gasteiger partial charge in [-0.25, -0.2) is 0 Å². The summed E-state index contributed by atoms with van der Waals surface area (Å²) in [6.07, 6.45) is 7.58. The standard InChI is InChI=1S/C15H28N2O/c1-3-7-17(8-4-2)11-15(18)16-14-10-12-5-6-13(14)9-12/h12-14H,3-11H2,1-2H3,(H,16,18). The molecule has 2 fully saturated rings. The zero-order chi connectivity index (χ0) is 13.0. The van der Waals surface area contributed by atoms with Gasteiger partial charge in [-0.05, 0) is 57.0 Å². The number of carbonyl (C=O) groups is 1. The first-order valence-electron chi connectivity index (χ1n) is 7.74.